The lowest BCUT2D eigenvalue weighted by atomic mass is 9.94. The van der Waals surface area contributed by atoms with Gasteiger partial charge in [-0.05, 0) is 29.7 Å². The molecular formula is C16H11FN2O2. The first-order chi connectivity index (χ1) is 9.97. The minimum atomic E-state index is -0.551. The van der Waals surface area contributed by atoms with Gasteiger partial charge in [0.05, 0.1) is 11.6 Å². The Morgan fingerprint density at radius 1 is 1.14 bits per heavy atom. The highest BCUT2D eigenvalue weighted by molar-refractivity contribution is 5.62. The van der Waals surface area contributed by atoms with Crippen molar-refractivity contribution in [3.63, 3.8) is 0 Å². The number of benzene rings is 2. The van der Waals surface area contributed by atoms with Gasteiger partial charge in [-0.1, -0.05) is 12.1 Å². The number of phenols is 2. The van der Waals surface area contributed by atoms with Crippen LogP contribution in [0, 0.1) is 35.4 Å². The summed E-state index contributed by atoms with van der Waals surface area (Å²) in [6.07, 6.45) is 0.181. The molecule has 0 aliphatic heterocycles. The summed E-state index contributed by atoms with van der Waals surface area (Å²) in [6, 6.07) is 9.26. The number of hydrogen-bond donors (Lipinski definition) is 2. The van der Waals surface area contributed by atoms with E-state index in [-0.39, 0.29) is 23.4 Å². The van der Waals surface area contributed by atoms with E-state index < -0.39 is 11.5 Å². The lowest BCUT2D eigenvalue weighted by Gasteiger charge is -2.10. The summed E-state index contributed by atoms with van der Waals surface area (Å²) >= 11 is 0. The molecule has 4 nitrogen and oxygen atoms in total. The average Bonchev–Trinajstić information content (AvgIpc) is 2.47. The van der Waals surface area contributed by atoms with E-state index in [9.17, 15) is 14.6 Å². The second-order valence-corrected chi connectivity index (χ2v) is 4.63. The Morgan fingerprint density at radius 3 is 2.43 bits per heavy atom. The third kappa shape index (κ3) is 2.63. The van der Waals surface area contributed by atoms with Gasteiger partial charge in [0.2, 0.25) is 0 Å². The summed E-state index contributed by atoms with van der Waals surface area (Å²) in [7, 11) is 0. The van der Waals surface area contributed by atoms with Crippen molar-refractivity contribution in [2.24, 2.45) is 0 Å². The molecule has 0 bridgehead atoms. The van der Waals surface area contributed by atoms with Crippen LogP contribution in [-0.2, 0) is 6.42 Å². The van der Waals surface area contributed by atoms with E-state index in [2.05, 4.69) is 0 Å². The van der Waals surface area contributed by atoms with Gasteiger partial charge in [-0.3, -0.25) is 0 Å². The second kappa shape index (κ2) is 5.52. The molecule has 0 spiro atoms. The molecule has 5 heteroatoms. The van der Waals surface area contributed by atoms with Crippen molar-refractivity contribution in [2.45, 2.75) is 13.3 Å². The van der Waals surface area contributed by atoms with E-state index in [0.29, 0.717) is 16.7 Å². The number of nitrogens with zero attached hydrogens (tertiary/aromatic N) is 2. The molecule has 0 saturated heterocycles. The summed E-state index contributed by atoms with van der Waals surface area (Å²) < 4.78 is 13.3. The highest BCUT2D eigenvalue weighted by atomic mass is 19.1. The fraction of sp³-hybridized carbons (Fsp3) is 0.125. The van der Waals surface area contributed by atoms with E-state index in [1.807, 2.05) is 6.07 Å². The van der Waals surface area contributed by atoms with Crippen molar-refractivity contribution in [1.29, 1.82) is 10.5 Å². The maximum absolute atomic E-state index is 13.3. The minimum absolute atomic E-state index is 0.101. The Labute approximate surface area is 120 Å². The Balaban J connectivity index is 2.58. The largest absolute Gasteiger partial charge is 0.504 e. The third-order valence-electron chi connectivity index (χ3n) is 3.22. The van der Waals surface area contributed by atoms with Crippen LogP contribution in [0.1, 0.15) is 27.8 Å². The van der Waals surface area contributed by atoms with Gasteiger partial charge < -0.3 is 10.2 Å². The Bertz CT molecular complexity index is 801. The van der Waals surface area contributed by atoms with Crippen molar-refractivity contribution in [2.75, 3.05) is 0 Å². The van der Waals surface area contributed by atoms with Crippen molar-refractivity contribution < 1.29 is 14.6 Å². The fourth-order valence-corrected chi connectivity index (χ4v) is 2.12. The topological polar surface area (TPSA) is 88.0 Å². The van der Waals surface area contributed by atoms with Crippen LogP contribution < -0.4 is 0 Å². The molecule has 0 aliphatic carbocycles. The first-order valence-corrected chi connectivity index (χ1v) is 6.11. The smallest absolute Gasteiger partial charge is 0.175 e. The molecule has 0 unspecified atom stereocenters. The monoisotopic (exact) mass is 282 g/mol. The summed E-state index contributed by atoms with van der Waals surface area (Å²) in [4.78, 5) is 0. The number of rotatable bonds is 2. The van der Waals surface area contributed by atoms with Crippen LogP contribution in [0.5, 0.6) is 11.5 Å². The molecule has 104 valence electrons. The summed E-state index contributed by atoms with van der Waals surface area (Å²) in [6.45, 7) is 1.61. The zero-order valence-corrected chi connectivity index (χ0v) is 11.2. The van der Waals surface area contributed by atoms with Crippen molar-refractivity contribution in [3.05, 3.63) is 57.9 Å². The third-order valence-corrected chi connectivity index (χ3v) is 3.22. The van der Waals surface area contributed by atoms with E-state index >= 15 is 0 Å². The van der Waals surface area contributed by atoms with Crippen LogP contribution in [0.3, 0.4) is 0 Å². The molecule has 0 radical (unpaired) electrons. The molecule has 2 aromatic rings. The van der Waals surface area contributed by atoms with E-state index in [4.69, 9.17) is 10.5 Å². The van der Waals surface area contributed by atoms with E-state index in [1.165, 1.54) is 6.07 Å². The Kier molecular flexibility index (Phi) is 3.77. The van der Waals surface area contributed by atoms with Crippen molar-refractivity contribution in [1.82, 2.24) is 0 Å². The molecule has 0 aliphatic rings. The molecule has 0 heterocycles. The first kappa shape index (κ1) is 14.4. The molecule has 0 aromatic heterocycles. The van der Waals surface area contributed by atoms with Crippen LogP contribution in [0.2, 0.25) is 0 Å². The molecule has 0 amide bonds. The molecular weight excluding hydrogens is 271 g/mol. The minimum Gasteiger partial charge on any atom is -0.504 e. The van der Waals surface area contributed by atoms with Gasteiger partial charge in [-0.2, -0.15) is 10.5 Å². The van der Waals surface area contributed by atoms with Gasteiger partial charge in [0, 0.05) is 12.5 Å². The molecule has 21 heavy (non-hydrogen) atoms. The highest BCUT2D eigenvalue weighted by Gasteiger charge is 2.18. The number of nitriles is 2. The fourth-order valence-electron chi connectivity index (χ4n) is 2.12. The molecule has 0 atom stereocenters. The zero-order chi connectivity index (χ0) is 15.6. The molecule has 2 N–H and O–H groups in total. The highest BCUT2D eigenvalue weighted by Crippen LogP contribution is 2.34. The number of aromatic hydroxyl groups is 2. The summed E-state index contributed by atoms with van der Waals surface area (Å²) in [5, 5.41) is 37.5. The van der Waals surface area contributed by atoms with Gasteiger partial charge in [-0.25, -0.2) is 4.39 Å². The van der Waals surface area contributed by atoms with Crippen molar-refractivity contribution in [3.8, 4) is 23.6 Å². The van der Waals surface area contributed by atoms with Crippen LogP contribution in [-0.4, -0.2) is 10.2 Å². The Hall–Kier alpha value is -3.05. The van der Waals surface area contributed by atoms with Gasteiger partial charge in [0.25, 0.3) is 0 Å². The maximum atomic E-state index is 13.3. The predicted molar refractivity (Wildman–Crippen MR) is 73.1 cm³/mol. The molecule has 0 fully saturated rings. The number of hydrogen-bond acceptors (Lipinski definition) is 4. The van der Waals surface area contributed by atoms with Gasteiger partial charge in [-0.15, -0.1) is 0 Å². The second-order valence-electron chi connectivity index (χ2n) is 4.63. The van der Waals surface area contributed by atoms with Crippen LogP contribution in [0.25, 0.3) is 0 Å². The summed E-state index contributed by atoms with van der Waals surface area (Å²) in [5.74, 6) is -1.40. The average molecular weight is 282 g/mol. The molecule has 2 aromatic carbocycles. The number of aryl methyl sites for hydroxylation is 1. The summed E-state index contributed by atoms with van der Waals surface area (Å²) in [5.41, 5.74) is 1.41. The van der Waals surface area contributed by atoms with Crippen LogP contribution in [0.15, 0.2) is 24.3 Å². The van der Waals surface area contributed by atoms with Crippen molar-refractivity contribution >= 4 is 0 Å². The van der Waals surface area contributed by atoms with Crippen LogP contribution >= 0.6 is 0 Å². The lowest BCUT2D eigenvalue weighted by molar-refractivity contribution is 0.402. The quantitative estimate of drug-likeness (QED) is 0.829. The Morgan fingerprint density at radius 2 is 1.86 bits per heavy atom. The lowest BCUT2D eigenvalue weighted by Crippen LogP contribution is -1.99. The SMILES string of the molecule is Cc1cc(Cc2c(C#N)cc(O)c(O)c2C#N)ccc1F. The standard InChI is InChI=1S/C16H11FN2O2/c1-9-4-10(2-3-14(9)17)5-12-11(7-18)6-15(20)16(21)13(12)8-19/h2-4,6,20-21H,5H2,1H3. The van der Waals surface area contributed by atoms with E-state index in [1.54, 1.807) is 25.1 Å². The normalized spacial score (nSPS) is 9.90. The van der Waals surface area contributed by atoms with E-state index in [0.717, 1.165) is 6.07 Å². The predicted octanol–water partition coefficient (Wildman–Crippen LogP) is 2.88. The number of halogens is 1. The molecule has 2 rings (SSSR count). The van der Waals surface area contributed by atoms with Crippen LogP contribution in [0.4, 0.5) is 4.39 Å². The van der Waals surface area contributed by atoms with Gasteiger partial charge in [0.15, 0.2) is 11.5 Å². The number of phenolic OH excluding ortho intramolecular Hbond substituents is 2. The first-order valence-electron chi connectivity index (χ1n) is 6.11. The maximum Gasteiger partial charge on any atom is 0.175 e. The zero-order valence-electron chi connectivity index (χ0n) is 11.2. The van der Waals surface area contributed by atoms with Gasteiger partial charge in [0.1, 0.15) is 17.4 Å². The molecule has 0 saturated carbocycles. The van der Waals surface area contributed by atoms with Gasteiger partial charge >= 0.3 is 0 Å².